The van der Waals surface area contributed by atoms with Gasteiger partial charge < -0.3 is 10.6 Å². The fraction of sp³-hybridized carbons (Fsp3) is 0.0714. The minimum atomic E-state index is -0.238. The number of amides is 2. The van der Waals surface area contributed by atoms with Crippen molar-refractivity contribution < 1.29 is 4.79 Å². The second kappa shape index (κ2) is 5.16. The van der Waals surface area contributed by atoms with E-state index in [0.29, 0.717) is 0 Å². The van der Waals surface area contributed by atoms with Gasteiger partial charge in [0.05, 0.1) is 0 Å². The number of carbonyl (C=O) groups excluding carboxylic acids is 1. The molecule has 0 fully saturated rings. The van der Waals surface area contributed by atoms with E-state index in [2.05, 4.69) is 10.6 Å². The summed E-state index contributed by atoms with van der Waals surface area (Å²) in [6.07, 6.45) is 3.36. The van der Waals surface area contributed by atoms with Crippen LogP contribution in [-0.2, 0) is 0 Å². The van der Waals surface area contributed by atoms with Crippen LogP contribution in [0.25, 0.3) is 10.8 Å². The Morgan fingerprint density at radius 3 is 2.65 bits per heavy atom. The molecule has 0 atom stereocenters. The largest absolute Gasteiger partial charge is 0.323 e. The highest BCUT2D eigenvalue weighted by Crippen LogP contribution is 2.18. The molecule has 2 amide bonds. The van der Waals surface area contributed by atoms with Crippen molar-refractivity contribution in [2.75, 3.05) is 5.32 Å². The zero-order valence-corrected chi connectivity index (χ0v) is 9.60. The summed E-state index contributed by atoms with van der Waals surface area (Å²) in [6, 6.07) is 13.6. The molecular weight excluding hydrogens is 212 g/mol. The van der Waals surface area contributed by atoms with Gasteiger partial charge in [-0.15, -0.1) is 0 Å². The van der Waals surface area contributed by atoms with Gasteiger partial charge >= 0.3 is 6.03 Å². The molecule has 0 spiro atoms. The van der Waals surface area contributed by atoms with Crippen molar-refractivity contribution in [2.24, 2.45) is 0 Å². The summed E-state index contributed by atoms with van der Waals surface area (Å²) in [7, 11) is 0. The maximum atomic E-state index is 11.4. The molecule has 0 saturated carbocycles. The lowest BCUT2D eigenvalue weighted by molar-refractivity contribution is 0.255. The van der Waals surface area contributed by atoms with E-state index in [1.165, 1.54) is 0 Å². The Balaban J connectivity index is 2.16. The lowest BCUT2D eigenvalue weighted by atomic mass is 10.1. The van der Waals surface area contributed by atoms with Crippen LogP contribution in [0.5, 0.6) is 0 Å². The van der Waals surface area contributed by atoms with Gasteiger partial charge in [-0.05, 0) is 29.8 Å². The van der Waals surface area contributed by atoms with E-state index < -0.39 is 0 Å². The van der Waals surface area contributed by atoms with Crippen molar-refractivity contribution in [1.29, 1.82) is 0 Å². The van der Waals surface area contributed by atoms with Crippen LogP contribution < -0.4 is 10.6 Å². The summed E-state index contributed by atoms with van der Waals surface area (Å²) in [5, 5.41) is 7.63. The zero-order chi connectivity index (χ0) is 12.1. The maximum absolute atomic E-state index is 11.4. The number of fused-ring (bicyclic) bond motifs is 1. The fourth-order valence-electron chi connectivity index (χ4n) is 1.59. The monoisotopic (exact) mass is 226 g/mol. The summed E-state index contributed by atoms with van der Waals surface area (Å²) in [5.74, 6) is 0. The smallest absolute Gasteiger partial charge is 0.315 e. The molecule has 2 aromatic rings. The predicted molar refractivity (Wildman–Crippen MR) is 70.9 cm³/mol. The van der Waals surface area contributed by atoms with E-state index in [1.54, 1.807) is 12.3 Å². The molecule has 0 aliphatic rings. The molecule has 0 bridgehead atoms. The second-order valence-corrected chi connectivity index (χ2v) is 3.66. The molecule has 2 N–H and O–H groups in total. The molecule has 3 heteroatoms. The number of anilines is 1. The van der Waals surface area contributed by atoms with Gasteiger partial charge in [0.25, 0.3) is 0 Å². The second-order valence-electron chi connectivity index (χ2n) is 3.66. The first-order chi connectivity index (χ1) is 8.29. The third kappa shape index (κ3) is 2.84. The third-order valence-corrected chi connectivity index (χ3v) is 2.39. The number of urea groups is 1. The van der Waals surface area contributed by atoms with Crippen molar-refractivity contribution in [3.63, 3.8) is 0 Å². The van der Waals surface area contributed by atoms with Crippen LogP contribution in [-0.4, -0.2) is 6.03 Å². The molecule has 0 aliphatic heterocycles. The average molecular weight is 226 g/mol. The standard InChI is InChI=1S/C14H14N2O/c1-2-9-15-14(17)16-13-8-7-11-5-3-4-6-12(11)10-13/h2-10H,1H3,(H2,15,16,17)/b9-2+. The molecule has 86 valence electrons. The van der Waals surface area contributed by atoms with Crippen molar-refractivity contribution in [1.82, 2.24) is 5.32 Å². The summed E-state index contributed by atoms with van der Waals surface area (Å²) in [4.78, 5) is 11.4. The molecule has 2 rings (SSSR count). The highest BCUT2D eigenvalue weighted by atomic mass is 16.2. The summed E-state index contributed by atoms with van der Waals surface area (Å²) < 4.78 is 0. The first-order valence-electron chi connectivity index (χ1n) is 5.47. The number of nitrogens with one attached hydrogen (secondary N) is 2. The summed E-state index contributed by atoms with van der Waals surface area (Å²) in [6.45, 7) is 1.84. The van der Waals surface area contributed by atoms with Crippen LogP contribution in [0.15, 0.2) is 54.7 Å². The fourth-order valence-corrected chi connectivity index (χ4v) is 1.59. The molecule has 0 unspecified atom stereocenters. The van der Waals surface area contributed by atoms with E-state index in [1.807, 2.05) is 49.4 Å². The molecular formula is C14H14N2O. The molecule has 0 heterocycles. The van der Waals surface area contributed by atoms with E-state index in [9.17, 15) is 4.79 Å². The Morgan fingerprint density at radius 2 is 1.88 bits per heavy atom. The highest BCUT2D eigenvalue weighted by Gasteiger charge is 1.99. The van der Waals surface area contributed by atoms with Crippen LogP contribution in [0.3, 0.4) is 0 Å². The van der Waals surface area contributed by atoms with Gasteiger partial charge in [0, 0.05) is 11.9 Å². The maximum Gasteiger partial charge on any atom is 0.323 e. The van der Waals surface area contributed by atoms with Crippen LogP contribution in [0.1, 0.15) is 6.92 Å². The van der Waals surface area contributed by atoms with E-state index in [-0.39, 0.29) is 6.03 Å². The Kier molecular flexibility index (Phi) is 3.40. The number of allylic oxidation sites excluding steroid dienone is 1. The first-order valence-corrected chi connectivity index (χ1v) is 5.47. The van der Waals surface area contributed by atoms with Crippen LogP contribution in [0, 0.1) is 0 Å². The van der Waals surface area contributed by atoms with Gasteiger partial charge in [-0.3, -0.25) is 0 Å². The molecule has 0 saturated heterocycles. The summed E-state index contributed by atoms with van der Waals surface area (Å²) >= 11 is 0. The third-order valence-electron chi connectivity index (χ3n) is 2.39. The van der Waals surface area contributed by atoms with Crippen LogP contribution >= 0.6 is 0 Å². The van der Waals surface area contributed by atoms with E-state index in [4.69, 9.17) is 0 Å². The number of hydrogen-bond donors (Lipinski definition) is 2. The molecule has 3 nitrogen and oxygen atoms in total. The van der Waals surface area contributed by atoms with Gasteiger partial charge in [0.2, 0.25) is 0 Å². The van der Waals surface area contributed by atoms with Gasteiger partial charge in [0.15, 0.2) is 0 Å². The van der Waals surface area contributed by atoms with Gasteiger partial charge in [-0.25, -0.2) is 4.79 Å². The Morgan fingerprint density at radius 1 is 1.12 bits per heavy atom. The van der Waals surface area contributed by atoms with Crippen molar-refractivity contribution >= 4 is 22.5 Å². The molecule has 0 radical (unpaired) electrons. The van der Waals surface area contributed by atoms with Crippen molar-refractivity contribution in [3.8, 4) is 0 Å². The molecule has 0 aliphatic carbocycles. The van der Waals surface area contributed by atoms with E-state index >= 15 is 0 Å². The molecule has 0 aromatic heterocycles. The minimum Gasteiger partial charge on any atom is -0.315 e. The Labute approximate surface area is 100 Å². The lowest BCUT2D eigenvalue weighted by Gasteiger charge is -2.05. The van der Waals surface area contributed by atoms with Gasteiger partial charge in [-0.1, -0.05) is 36.4 Å². The predicted octanol–water partition coefficient (Wildman–Crippen LogP) is 3.49. The zero-order valence-electron chi connectivity index (χ0n) is 9.60. The number of carbonyl (C=O) groups is 1. The Bertz CT molecular complexity index is 561. The van der Waals surface area contributed by atoms with Crippen molar-refractivity contribution in [2.45, 2.75) is 6.92 Å². The SMILES string of the molecule is C/C=C/NC(=O)Nc1ccc2ccccc2c1. The van der Waals surface area contributed by atoms with Gasteiger partial charge in [0.1, 0.15) is 0 Å². The number of benzene rings is 2. The first kappa shape index (κ1) is 11.2. The topological polar surface area (TPSA) is 41.1 Å². The van der Waals surface area contributed by atoms with E-state index in [0.717, 1.165) is 16.5 Å². The normalized spacial score (nSPS) is 10.6. The lowest BCUT2D eigenvalue weighted by Crippen LogP contribution is -2.23. The summed E-state index contributed by atoms with van der Waals surface area (Å²) in [5.41, 5.74) is 0.783. The number of rotatable bonds is 2. The van der Waals surface area contributed by atoms with Crippen LogP contribution in [0.2, 0.25) is 0 Å². The van der Waals surface area contributed by atoms with Crippen molar-refractivity contribution in [3.05, 3.63) is 54.7 Å². The molecule has 17 heavy (non-hydrogen) atoms. The van der Waals surface area contributed by atoms with Gasteiger partial charge in [-0.2, -0.15) is 0 Å². The highest BCUT2D eigenvalue weighted by molar-refractivity contribution is 5.93. The van der Waals surface area contributed by atoms with Crippen LogP contribution in [0.4, 0.5) is 10.5 Å². The Hall–Kier alpha value is -2.29. The number of hydrogen-bond acceptors (Lipinski definition) is 1. The quantitative estimate of drug-likeness (QED) is 0.808. The molecule has 2 aromatic carbocycles. The average Bonchev–Trinajstić information content (AvgIpc) is 2.36. The minimum absolute atomic E-state index is 0.238.